The summed E-state index contributed by atoms with van der Waals surface area (Å²) >= 11 is 0. The van der Waals surface area contributed by atoms with Gasteiger partial charge in [-0.2, -0.15) is 5.10 Å². The number of nitrogens with zero attached hydrogens (tertiary/aromatic N) is 3. The van der Waals surface area contributed by atoms with Gasteiger partial charge in [0.05, 0.1) is 6.54 Å². The average molecular weight is 359 g/mol. The molecular formula is C22H21N3O2. The van der Waals surface area contributed by atoms with Crippen LogP contribution in [0.3, 0.4) is 0 Å². The van der Waals surface area contributed by atoms with Crippen molar-refractivity contribution in [2.24, 2.45) is 0 Å². The second kappa shape index (κ2) is 6.83. The molecule has 0 fully saturated rings. The van der Waals surface area contributed by atoms with Gasteiger partial charge in [-0.3, -0.25) is 9.59 Å². The summed E-state index contributed by atoms with van der Waals surface area (Å²) in [6, 6.07) is 18.9. The molecule has 0 aliphatic carbocycles. The lowest BCUT2D eigenvalue weighted by atomic mass is 10.1. The molecule has 3 aromatic rings. The second-order valence-electron chi connectivity index (χ2n) is 7.06. The largest absolute Gasteiger partial charge is 0.304 e. The maximum atomic E-state index is 13.1. The van der Waals surface area contributed by atoms with Gasteiger partial charge < -0.3 is 4.90 Å². The Kier molecular flexibility index (Phi) is 4.36. The third-order valence-corrected chi connectivity index (χ3v) is 4.96. The molecule has 2 aromatic carbocycles. The Bertz CT molecular complexity index is 1050. The highest BCUT2D eigenvalue weighted by Gasteiger charge is 2.32. The molecule has 1 atom stereocenters. The molecule has 0 radical (unpaired) electrons. The van der Waals surface area contributed by atoms with Crippen LogP contribution in [0.2, 0.25) is 0 Å². The van der Waals surface area contributed by atoms with Gasteiger partial charge in [0.15, 0.2) is 0 Å². The third-order valence-electron chi connectivity index (χ3n) is 4.96. The number of hydrogen-bond acceptors (Lipinski definition) is 3. The Morgan fingerprint density at radius 1 is 1.07 bits per heavy atom. The molecule has 0 saturated carbocycles. The highest BCUT2D eigenvalue weighted by Crippen LogP contribution is 2.32. The van der Waals surface area contributed by atoms with Crippen molar-refractivity contribution in [3.63, 3.8) is 0 Å². The van der Waals surface area contributed by atoms with Crippen LogP contribution in [0.5, 0.6) is 0 Å². The van der Waals surface area contributed by atoms with E-state index in [-0.39, 0.29) is 23.2 Å². The van der Waals surface area contributed by atoms with Gasteiger partial charge in [-0.25, -0.2) is 4.68 Å². The van der Waals surface area contributed by atoms with Crippen molar-refractivity contribution in [1.29, 1.82) is 0 Å². The van der Waals surface area contributed by atoms with Crippen molar-refractivity contribution in [1.82, 2.24) is 9.78 Å². The van der Waals surface area contributed by atoms with E-state index < -0.39 is 0 Å². The number of benzene rings is 2. The Morgan fingerprint density at radius 3 is 2.59 bits per heavy atom. The van der Waals surface area contributed by atoms with Crippen LogP contribution in [0, 0.1) is 6.92 Å². The molecule has 0 N–H and O–H groups in total. The van der Waals surface area contributed by atoms with Gasteiger partial charge in [-0.15, -0.1) is 0 Å². The molecule has 0 spiro atoms. The number of carbonyl (C=O) groups is 1. The van der Waals surface area contributed by atoms with Crippen molar-refractivity contribution >= 4 is 11.6 Å². The summed E-state index contributed by atoms with van der Waals surface area (Å²) in [7, 11) is 0. The summed E-state index contributed by atoms with van der Waals surface area (Å²) in [5, 5.41) is 4.35. The smallest absolute Gasteiger partial charge is 0.278 e. The van der Waals surface area contributed by atoms with E-state index in [1.165, 1.54) is 16.8 Å². The number of anilines is 1. The molecule has 4 rings (SSSR count). The van der Waals surface area contributed by atoms with Crippen molar-refractivity contribution in [3.05, 3.63) is 93.4 Å². The molecule has 1 aliphatic rings. The lowest BCUT2D eigenvalue weighted by molar-refractivity contribution is 0.0974. The van der Waals surface area contributed by atoms with E-state index in [0.29, 0.717) is 6.54 Å². The van der Waals surface area contributed by atoms with Crippen LogP contribution >= 0.6 is 0 Å². The van der Waals surface area contributed by atoms with Crippen LogP contribution in [0.15, 0.2) is 65.5 Å². The molecule has 0 unspecified atom stereocenters. The normalized spacial score (nSPS) is 15.6. The zero-order valence-electron chi connectivity index (χ0n) is 15.4. The van der Waals surface area contributed by atoms with Crippen LogP contribution in [0.4, 0.5) is 5.69 Å². The fourth-order valence-corrected chi connectivity index (χ4v) is 3.54. The fourth-order valence-electron chi connectivity index (χ4n) is 3.54. The van der Waals surface area contributed by atoms with Crippen LogP contribution < -0.4 is 10.5 Å². The summed E-state index contributed by atoms with van der Waals surface area (Å²) < 4.78 is 1.35. The zero-order valence-corrected chi connectivity index (χ0v) is 15.4. The quantitative estimate of drug-likeness (QED) is 0.722. The van der Waals surface area contributed by atoms with E-state index in [9.17, 15) is 9.59 Å². The minimum Gasteiger partial charge on any atom is -0.304 e. The maximum absolute atomic E-state index is 13.1. The van der Waals surface area contributed by atoms with E-state index in [2.05, 4.69) is 5.10 Å². The molecule has 5 nitrogen and oxygen atoms in total. The van der Waals surface area contributed by atoms with Crippen molar-refractivity contribution in [2.75, 3.05) is 4.90 Å². The van der Waals surface area contributed by atoms with Gasteiger partial charge in [-0.05, 0) is 43.5 Å². The molecule has 136 valence electrons. The first-order chi connectivity index (χ1) is 13.0. The van der Waals surface area contributed by atoms with Gasteiger partial charge in [-0.1, -0.05) is 48.0 Å². The van der Waals surface area contributed by atoms with E-state index in [0.717, 1.165) is 28.8 Å². The fraction of sp³-hybridized carbons (Fsp3) is 0.227. The van der Waals surface area contributed by atoms with E-state index >= 15 is 0 Å². The number of aryl methyl sites for hydroxylation is 1. The van der Waals surface area contributed by atoms with Gasteiger partial charge >= 0.3 is 0 Å². The van der Waals surface area contributed by atoms with Gasteiger partial charge in [0, 0.05) is 17.8 Å². The van der Waals surface area contributed by atoms with Crippen molar-refractivity contribution in [3.8, 4) is 0 Å². The number of rotatable bonds is 3. The minimum atomic E-state index is -0.220. The Morgan fingerprint density at radius 2 is 1.81 bits per heavy atom. The first-order valence-electron chi connectivity index (χ1n) is 9.08. The monoisotopic (exact) mass is 359 g/mol. The topological polar surface area (TPSA) is 55.2 Å². The molecule has 1 aromatic heterocycles. The molecule has 2 heterocycles. The Labute approximate surface area is 157 Å². The number of para-hydroxylation sites is 1. The van der Waals surface area contributed by atoms with Crippen LogP contribution in [0.1, 0.15) is 34.1 Å². The predicted molar refractivity (Wildman–Crippen MR) is 105 cm³/mol. The predicted octanol–water partition coefficient (Wildman–Crippen LogP) is 3.19. The lowest BCUT2D eigenvalue weighted by Gasteiger charge is -2.22. The summed E-state index contributed by atoms with van der Waals surface area (Å²) in [5.41, 5.74) is 4.27. The average Bonchev–Trinajstić information content (AvgIpc) is 3.00. The van der Waals surface area contributed by atoms with Crippen molar-refractivity contribution < 1.29 is 4.79 Å². The van der Waals surface area contributed by atoms with E-state index in [4.69, 9.17) is 0 Å². The second-order valence-corrected chi connectivity index (χ2v) is 7.06. The molecule has 0 saturated heterocycles. The summed E-state index contributed by atoms with van der Waals surface area (Å²) in [4.78, 5) is 27.1. The highest BCUT2D eigenvalue weighted by atomic mass is 16.2. The molecule has 5 heteroatoms. The zero-order chi connectivity index (χ0) is 19.0. The molecule has 1 aliphatic heterocycles. The first kappa shape index (κ1) is 17.2. The van der Waals surface area contributed by atoms with Gasteiger partial charge in [0.2, 0.25) is 0 Å². The number of amides is 1. The molecule has 1 amide bonds. The number of hydrogen-bond donors (Lipinski definition) is 0. The summed E-state index contributed by atoms with van der Waals surface area (Å²) in [6.45, 7) is 4.38. The van der Waals surface area contributed by atoms with Crippen molar-refractivity contribution in [2.45, 2.75) is 32.9 Å². The molecule has 0 bridgehead atoms. The van der Waals surface area contributed by atoms with Crippen LogP contribution in [-0.4, -0.2) is 21.7 Å². The van der Waals surface area contributed by atoms with Crippen LogP contribution in [-0.2, 0) is 13.0 Å². The number of aromatic nitrogens is 2. The van der Waals surface area contributed by atoms with E-state index in [1.807, 2.05) is 62.4 Å². The minimum absolute atomic E-state index is 0.0641. The first-order valence-corrected chi connectivity index (χ1v) is 9.08. The number of carbonyl (C=O) groups excluding carboxylic acids is 1. The Hall–Kier alpha value is -3.21. The van der Waals surface area contributed by atoms with E-state index in [1.54, 1.807) is 4.90 Å². The number of fused-ring (bicyclic) bond motifs is 1. The molecular weight excluding hydrogens is 338 g/mol. The van der Waals surface area contributed by atoms with Crippen LogP contribution in [0.25, 0.3) is 0 Å². The lowest BCUT2D eigenvalue weighted by Crippen LogP contribution is -2.37. The maximum Gasteiger partial charge on any atom is 0.278 e. The standard InChI is InChI=1S/C22H21N3O2/c1-15-7-9-17(10-8-15)14-24-21(26)12-11-19(23-24)22(27)25-16(2)13-18-5-3-4-6-20(18)25/h3-12,16H,13-14H2,1-2H3/t16-/m1/s1. The molecule has 27 heavy (non-hydrogen) atoms. The highest BCUT2D eigenvalue weighted by molar-refractivity contribution is 6.06. The third kappa shape index (κ3) is 3.28. The summed E-state index contributed by atoms with van der Waals surface area (Å²) in [6.07, 6.45) is 0.824. The van der Waals surface area contributed by atoms with Gasteiger partial charge in [0.25, 0.3) is 11.5 Å². The SMILES string of the molecule is Cc1ccc(Cn2nc(C(=O)N3c4ccccc4C[C@H]3C)ccc2=O)cc1. The Balaban J connectivity index is 1.65. The summed E-state index contributed by atoms with van der Waals surface area (Å²) in [5.74, 6) is -0.176. The van der Waals surface area contributed by atoms with Gasteiger partial charge in [0.1, 0.15) is 5.69 Å².